The van der Waals surface area contributed by atoms with Crippen LogP contribution in [0.2, 0.25) is 0 Å². The molecular weight excluding hydrogens is 503 g/mol. The highest BCUT2D eigenvalue weighted by Gasteiger charge is 2.47. The lowest BCUT2D eigenvalue weighted by molar-refractivity contribution is -0.0681. The Morgan fingerprint density at radius 3 is 2.07 bits per heavy atom. The number of hydrogen-bond donors (Lipinski definition) is 0. The third kappa shape index (κ3) is 5.21. The SMILES string of the molecule is COc1ccc(N=C(I)C(F)(F)C(OC(=O)c2ccccc2)c2ccccc2)cc1. The highest BCUT2D eigenvalue weighted by molar-refractivity contribution is 14.1. The Bertz CT molecular complexity index is 1010. The van der Waals surface area contributed by atoms with E-state index in [9.17, 15) is 4.79 Å². The summed E-state index contributed by atoms with van der Waals surface area (Å²) < 4.78 is 40.7. The van der Waals surface area contributed by atoms with Crippen molar-refractivity contribution < 1.29 is 23.0 Å². The van der Waals surface area contributed by atoms with Gasteiger partial charge < -0.3 is 9.47 Å². The summed E-state index contributed by atoms with van der Waals surface area (Å²) in [4.78, 5) is 16.6. The van der Waals surface area contributed by atoms with Crippen molar-refractivity contribution in [2.45, 2.75) is 12.0 Å². The maximum absolute atomic E-state index is 15.4. The molecule has 0 saturated heterocycles. The molecule has 0 spiro atoms. The van der Waals surface area contributed by atoms with Crippen LogP contribution in [-0.4, -0.2) is 22.7 Å². The number of aliphatic imine (C=N–C) groups is 1. The maximum Gasteiger partial charge on any atom is 0.338 e. The second-order valence-corrected chi connectivity index (χ2v) is 7.31. The van der Waals surface area contributed by atoms with Crippen LogP contribution in [0, 0.1) is 0 Å². The molecule has 3 rings (SSSR count). The minimum Gasteiger partial charge on any atom is -0.497 e. The molecule has 154 valence electrons. The molecule has 0 heterocycles. The van der Waals surface area contributed by atoms with E-state index in [0.29, 0.717) is 11.4 Å². The lowest BCUT2D eigenvalue weighted by Crippen LogP contribution is -2.35. The second-order valence-electron chi connectivity index (χ2n) is 6.29. The van der Waals surface area contributed by atoms with E-state index in [4.69, 9.17) is 9.47 Å². The zero-order chi connectivity index (χ0) is 21.6. The summed E-state index contributed by atoms with van der Waals surface area (Å²) in [5.74, 6) is -3.79. The number of hydrogen-bond acceptors (Lipinski definition) is 4. The zero-order valence-electron chi connectivity index (χ0n) is 16.0. The standard InChI is InChI=1S/C23H18F2INO3/c1-29-19-14-12-18(13-15-19)27-22(26)23(24,25)20(16-8-4-2-5-9-16)30-21(28)17-10-6-3-7-11-17/h2-15,20H,1H3. The average molecular weight is 521 g/mol. The number of ether oxygens (including phenoxy) is 2. The molecule has 0 aliphatic heterocycles. The molecule has 0 aromatic heterocycles. The summed E-state index contributed by atoms with van der Waals surface area (Å²) in [5.41, 5.74) is 0.697. The van der Waals surface area contributed by atoms with E-state index in [0.717, 1.165) is 0 Å². The van der Waals surface area contributed by atoms with E-state index in [1.54, 1.807) is 60.7 Å². The smallest absolute Gasteiger partial charge is 0.338 e. The molecule has 0 amide bonds. The predicted molar refractivity (Wildman–Crippen MR) is 120 cm³/mol. The molecule has 0 radical (unpaired) electrons. The van der Waals surface area contributed by atoms with Gasteiger partial charge in [-0.15, -0.1) is 0 Å². The molecule has 3 aromatic carbocycles. The van der Waals surface area contributed by atoms with E-state index in [-0.39, 0.29) is 11.1 Å². The van der Waals surface area contributed by atoms with Gasteiger partial charge in [0.25, 0.3) is 0 Å². The number of alkyl halides is 2. The van der Waals surface area contributed by atoms with Crippen molar-refractivity contribution in [3.63, 3.8) is 0 Å². The molecule has 0 saturated carbocycles. The van der Waals surface area contributed by atoms with Crippen LogP contribution in [0.3, 0.4) is 0 Å². The Hall–Kier alpha value is -2.81. The van der Waals surface area contributed by atoms with Crippen molar-refractivity contribution in [3.8, 4) is 5.75 Å². The monoisotopic (exact) mass is 521 g/mol. The van der Waals surface area contributed by atoms with Crippen molar-refractivity contribution in [2.75, 3.05) is 7.11 Å². The van der Waals surface area contributed by atoms with Crippen LogP contribution in [0.15, 0.2) is 89.9 Å². The van der Waals surface area contributed by atoms with Gasteiger partial charge in [-0.1, -0.05) is 48.5 Å². The molecule has 0 aliphatic carbocycles. The summed E-state index contributed by atoms with van der Waals surface area (Å²) in [6.45, 7) is 0. The van der Waals surface area contributed by atoms with E-state index in [1.807, 2.05) is 0 Å². The van der Waals surface area contributed by atoms with E-state index in [2.05, 4.69) is 4.99 Å². The van der Waals surface area contributed by atoms with Crippen LogP contribution < -0.4 is 4.74 Å². The first-order valence-electron chi connectivity index (χ1n) is 8.99. The van der Waals surface area contributed by atoms with Gasteiger partial charge >= 0.3 is 11.9 Å². The third-order valence-electron chi connectivity index (χ3n) is 4.24. The Morgan fingerprint density at radius 2 is 1.50 bits per heavy atom. The maximum atomic E-state index is 15.4. The van der Waals surface area contributed by atoms with Crippen LogP contribution in [0.5, 0.6) is 5.75 Å². The van der Waals surface area contributed by atoms with Gasteiger partial charge in [0.1, 0.15) is 5.75 Å². The normalized spacial score (nSPS) is 12.9. The molecule has 30 heavy (non-hydrogen) atoms. The lowest BCUT2D eigenvalue weighted by Gasteiger charge is -2.26. The van der Waals surface area contributed by atoms with E-state index >= 15 is 8.78 Å². The molecule has 3 aromatic rings. The van der Waals surface area contributed by atoms with Crippen molar-refractivity contribution in [2.24, 2.45) is 4.99 Å². The number of rotatable bonds is 7. The number of carbonyl (C=O) groups is 1. The van der Waals surface area contributed by atoms with Gasteiger partial charge in [0.15, 0.2) is 9.82 Å². The van der Waals surface area contributed by atoms with E-state index < -0.39 is 21.7 Å². The third-order valence-corrected chi connectivity index (χ3v) is 5.20. The number of carbonyl (C=O) groups excluding carboxylic acids is 1. The van der Waals surface area contributed by atoms with Crippen LogP contribution in [0.1, 0.15) is 22.0 Å². The Balaban J connectivity index is 1.94. The summed E-state index contributed by atoms with van der Waals surface area (Å²) >= 11 is 1.49. The first-order valence-corrected chi connectivity index (χ1v) is 10.1. The Morgan fingerprint density at radius 1 is 0.933 bits per heavy atom. The number of nitrogens with zero attached hydrogens (tertiary/aromatic N) is 1. The summed E-state index contributed by atoms with van der Waals surface area (Å²) in [6.07, 6.45) is -1.83. The van der Waals surface area contributed by atoms with Crippen LogP contribution >= 0.6 is 22.6 Å². The molecule has 0 fully saturated rings. The Kier molecular flexibility index (Phi) is 7.15. The van der Waals surface area contributed by atoms with Gasteiger partial charge in [0.2, 0.25) is 0 Å². The highest BCUT2D eigenvalue weighted by atomic mass is 127. The van der Waals surface area contributed by atoms with Gasteiger partial charge in [-0.25, -0.2) is 9.79 Å². The fourth-order valence-electron chi connectivity index (χ4n) is 2.68. The molecule has 7 heteroatoms. The van der Waals surface area contributed by atoms with Crippen LogP contribution in [-0.2, 0) is 4.74 Å². The van der Waals surface area contributed by atoms with Gasteiger partial charge in [0, 0.05) is 0 Å². The van der Waals surface area contributed by atoms with Crippen molar-refractivity contribution >= 4 is 38.0 Å². The predicted octanol–water partition coefficient (Wildman–Crippen LogP) is 6.39. The molecule has 4 nitrogen and oxygen atoms in total. The zero-order valence-corrected chi connectivity index (χ0v) is 18.1. The van der Waals surface area contributed by atoms with Crippen molar-refractivity contribution in [1.29, 1.82) is 0 Å². The first-order chi connectivity index (χ1) is 14.4. The first kappa shape index (κ1) is 21.9. The minimum absolute atomic E-state index is 0.172. The van der Waals surface area contributed by atoms with Gasteiger partial charge in [-0.05, 0) is 64.6 Å². The quantitative estimate of drug-likeness (QED) is 0.206. The second kappa shape index (κ2) is 9.80. The van der Waals surface area contributed by atoms with Gasteiger partial charge in [0.05, 0.1) is 18.4 Å². The van der Waals surface area contributed by atoms with Gasteiger partial charge in [-0.3, -0.25) is 0 Å². The minimum atomic E-state index is -3.55. The van der Waals surface area contributed by atoms with Gasteiger partial charge in [-0.2, -0.15) is 8.78 Å². The topological polar surface area (TPSA) is 47.9 Å². The van der Waals surface area contributed by atoms with Crippen molar-refractivity contribution in [3.05, 3.63) is 96.1 Å². The molecule has 0 bridgehead atoms. The van der Waals surface area contributed by atoms with Crippen LogP contribution in [0.4, 0.5) is 14.5 Å². The average Bonchev–Trinajstić information content (AvgIpc) is 2.78. The number of methoxy groups -OCH3 is 1. The van der Waals surface area contributed by atoms with Crippen LogP contribution in [0.25, 0.3) is 0 Å². The number of halogens is 3. The molecule has 0 N–H and O–H groups in total. The summed E-state index contributed by atoms with van der Waals surface area (Å²) in [5, 5.41) is 0. The molecular formula is C23H18F2INO3. The summed E-state index contributed by atoms with van der Waals surface area (Å²) in [7, 11) is 1.52. The largest absolute Gasteiger partial charge is 0.497 e. The lowest BCUT2D eigenvalue weighted by atomic mass is 10.0. The van der Waals surface area contributed by atoms with Crippen molar-refractivity contribution in [1.82, 2.24) is 0 Å². The molecule has 0 aliphatic rings. The fraction of sp³-hybridized carbons (Fsp3) is 0.130. The molecule has 1 atom stereocenters. The number of benzene rings is 3. The van der Waals surface area contributed by atoms with E-state index in [1.165, 1.54) is 54.0 Å². The number of esters is 1. The highest BCUT2D eigenvalue weighted by Crippen LogP contribution is 2.39. The Labute approximate surface area is 186 Å². The molecule has 1 unspecified atom stereocenters. The fourth-order valence-corrected chi connectivity index (χ4v) is 3.24. The summed E-state index contributed by atoms with van der Waals surface area (Å²) in [6, 6.07) is 22.4.